The number of sulfonamides is 1. The first-order chi connectivity index (χ1) is 7.86. The molecule has 17 heavy (non-hydrogen) atoms. The largest absolute Gasteiger partial charge is 0.480 e. The lowest BCUT2D eigenvalue weighted by molar-refractivity contribution is -0.138. The first-order valence-electron chi connectivity index (χ1n) is 4.57. The molecule has 1 aromatic rings. The third kappa shape index (κ3) is 3.91. The van der Waals surface area contributed by atoms with E-state index in [1.165, 1.54) is 12.1 Å². The molecule has 0 aliphatic carbocycles. The number of aliphatic carboxylic acids is 1. The molecule has 1 unspecified atom stereocenters. The number of rotatable bonds is 5. The standard InChI is InChI=1S/C9H11IN2O4S/c10-6-1-3-7(4-2-6)17(15,16)12-8(5-11)9(13)14/h1-4,8,12H,5,11H2,(H,13,14). The number of nitrogens with two attached hydrogens (primary N) is 1. The van der Waals surface area contributed by atoms with Crippen LogP contribution >= 0.6 is 22.6 Å². The molecule has 1 aromatic carbocycles. The van der Waals surface area contributed by atoms with Crippen LogP contribution in [0.2, 0.25) is 0 Å². The summed E-state index contributed by atoms with van der Waals surface area (Å²) < 4.78 is 26.5. The number of nitrogens with one attached hydrogen (secondary N) is 1. The minimum Gasteiger partial charge on any atom is -0.480 e. The van der Waals surface area contributed by atoms with E-state index in [1.807, 2.05) is 27.3 Å². The van der Waals surface area contributed by atoms with E-state index in [-0.39, 0.29) is 11.4 Å². The molecule has 0 fully saturated rings. The molecule has 0 spiro atoms. The molecule has 0 aliphatic heterocycles. The van der Waals surface area contributed by atoms with Gasteiger partial charge in [0.2, 0.25) is 10.0 Å². The quantitative estimate of drug-likeness (QED) is 0.632. The molecule has 4 N–H and O–H groups in total. The van der Waals surface area contributed by atoms with E-state index in [2.05, 4.69) is 0 Å². The molecule has 0 aliphatic rings. The van der Waals surface area contributed by atoms with Crippen molar-refractivity contribution in [2.45, 2.75) is 10.9 Å². The van der Waals surface area contributed by atoms with E-state index < -0.39 is 22.0 Å². The Balaban J connectivity index is 2.96. The minimum absolute atomic E-state index is 0.0117. The fraction of sp³-hybridized carbons (Fsp3) is 0.222. The smallest absolute Gasteiger partial charge is 0.323 e. The maximum Gasteiger partial charge on any atom is 0.323 e. The van der Waals surface area contributed by atoms with Gasteiger partial charge in [0.1, 0.15) is 6.04 Å². The maximum atomic E-state index is 11.8. The second-order valence-electron chi connectivity index (χ2n) is 3.20. The van der Waals surface area contributed by atoms with Gasteiger partial charge in [0.25, 0.3) is 0 Å². The van der Waals surface area contributed by atoms with Crippen LogP contribution in [-0.2, 0) is 14.8 Å². The SMILES string of the molecule is NCC(NS(=O)(=O)c1ccc(I)cc1)C(=O)O. The van der Waals surface area contributed by atoms with E-state index in [0.29, 0.717) is 0 Å². The van der Waals surface area contributed by atoms with Crippen molar-refractivity contribution in [1.82, 2.24) is 4.72 Å². The summed E-state index contributed by atoms with van der Waals surface area (Å²) in [4.78, 5) is 10.7. The van der Waals surface area contributed by atoms with Gasteiger partial charge in [-0.15, -0.1) is 0 Å². The average molecular weight is 370 g/mol. The molecule has 1 rings (SSSR count). The Hall–Kier alpha value is -0.710. The van der Waals surface area contributed by atoms with E-state index in [9.17, 15) is 13.2 Å². The predicted octanol–water partition coefficient (Wildman–Crippen LogP) is -0.0186. The number of halogens is 1. The lowest BCUT2D eigenvalue weighted by Gasteiger charge is -2.12. The zero-order valence-corrected chi connectivity index (χ0v) is 11.6. The number of carbonyl (C=O) groups is 1. The molecule has 0 bridgehead atoms. The van der Waals surface area contributed by atoms with E-state index >= 15 is 0 Å². The summed E-state index contributed by atoms with van der Waals surface area (Å²) in [6, 6.07) is 4.72. The van der Waals surface area contributed by atoms with Crippen molar-refractivity contribution in [1.29, 1.82) is 0 Å². The Morgan fingerprint density at radius 2 is 1.94 bits per heavy atom. The summed E-state index contributed by atoms with van der Waals surface area (Å²) in [5.41, 5.74) is 5.17. The van der Waals surface area contributed by atoms with Crippen molar-refractivity contribution < 1.29 is 18.3 Å². The Labute approximate surface area is 112 Å². The molecule has 0 heterocycles. The van der Waals surface area contributed by atoms with Gasteiger partial charge in [0, 0.05) is 10.1 Å². The van der Waals surface area contributed by atoms with Crippen LogP contribution in [0, 0.1) is 3.57 Å². The van der Waals surface area contributed by atoms with Crippen molar-refractivity contribution in [3.05, 3.63) is 27.8 Å². The molecule has 94 valence electrons. The van der Waals surface area contributed by atoms with E-state index in [1.54, 1.807) is 12.1 Å². The molecule has 0 aromatic heterocycles. The van der Waals surface area contributed by atoms with Crippen molar-refractivity contribution >= 4 is 38.6 Å². The number of benzene rings is 1. The van der Waals surface area contributed by atoms with Gasteiger partial charge in [-0.3, -0.25) is 4.79 Å². The van der Waals surface area contributed by atoms with Crippen LogP contribution in [0.15, 0.2) is 29.2 Å². The highest BCUT2D eigenvalue weighted by molar-refractivity contribution is 14.1. The predicted molar refractivity (Wildman–Crippen MR) is 70.0 cm³/mol. The van der Waals surface area contributed by atoms with E-state index in [4.69, 9.17) is 10.8 Å². The van der Waals surface area contributed by atoms with Gasteiger partial charge in [-0.1, -0.05) is 0 Å². The van der Waals surface area contributed by atoms with E-state index in [0.717, 1.165) is 3.57 Å². The number of carboxylic acids is 1. The van der Waals surface area contributed by atoms with Gasteiger partial charge in [-0.2, -0.15) is 4.72 Å². The first-order valence-corrected chi connectivity index (χ1v) is 7.14. The second-order valence-corrected chi connectivity index (χ2v) is 6.16. The summed E-state index contributed by atoms with van der Waals surface area (Å²) >= 11 is 2.04. The Kier molecular flexibility index (Phi) is 4.86. The summed E-state index contributed by atoms with van der Waals surface area (Å²) in [5, 5.41) is 8.72. The van der Waals surface area contributed by atoms with Crippen LogP contribution in [0.1, 0.15) is 0 Å². The van der Waals surface area contributed by atoms with Crippen molar-refractivity contribution in [3.8, 4) is 0 Å². The van der Waals surface area contributed by atoms with Crippen molar-refractivity contribution in [2.24, 2.45) is 5.73 Å². The monoisotopic (exact) mass is 370 g/mol. The summed E-state index contributed by atoms with van der Waals surface area (Å²) in [5.74, 6) is -1.30. The van der Waals surface area contributed by atoms with Crippen LogP contribution in [0.25, 0.3) is 0 Å². The molecule has 0 radical (unpaired) electrons. The van der Waals surface area contributed by atoms with Crippen molar-refractivity contribution in [3.63, 3.8) is 0 Å². The molecule has 1 atom stereocenters. The number of carboxylic acid groups (broad SMARTS) is 1. The molecular formula is C9H11IN2O4S. The van der Waals surface area contributed by atoms with Crippen LogP contribution in [-0.4, -0.2) is 32.1 Å². The van der Waals surface area contributed by atoms with Crippen molar-refractivity contribution in [2.75, 3.05) is 6.54 Å². The summed E-state index contributed by atoms with van der Waals surface area (Å²) in [6.07, 6.45) is 0. The lowest BCUT2D eigenvalue weighted by atomic mass is 10.3. The van der Waals surface area contributed by atoms with Gasteiger partial charge >= 0.3 is 5.97 Å². The van der Waals surface area contributed by atoms with Gasteiger partial charge < -0.3 is 10.8 Å². The molecule has 0 saturated heterocycles. The lowest BCUT2D eigenvalue weighted by Crippen LogP contribution is -2.45. The highest BCUT2D eigenvalue weighted by atomic mass is 127. The van der Waals surface area contributed by atoms with Gasteiger partial charge in [0.15, 0.2) is 0 Å². The number of hydrogen-bond acceptors (Lipinski definition) is 4. The average Bonchev–Trinajstić information content (AvgIpc) is 2.26. The topological polar surface area (TPSA) is 109 Å². The Morgan fingerprint density at radius 3 is 2.35 bits per heavy atom. The molecular weight excluding hydrogens is 359 g/mol. The molecule has 6 nitrogen and oxygen atoms in total. The minimum atomic E-state index is -3.85. The fourth-order valence-electron chi connectivity index (χ4n) is 1.07. The second kappa shape index (κ2) is 5.76. The Morgan fingerprint density at radius 1 is 1.41 bits per heavy atom. The molecule has 0 saturated carbocycles. The highest BCUT2D eigenvalue weighted by Crippen LogP contribution is 2.12. The normalized spacial score (nSPS) is 13.3. The van der Waals surface area contributed by atoms with Gasteiger partial charge in [0.05, 0.1) is 4.90 Å². The third-order valence-electron chi connectivity index (χ3n) is 1.96. The van der Waals surface area contributed by atoms with Crippen LogP contribution in [0.4, 0.5) is 0 Å². The van der Waals surface area contributed by atoms with Gasteiger partial charge in [-0.25, -0.2) is 8.42 Å². The van der Waals surface area contributed by atoms with Crippen LogP contribution in [0.3, 0.4) is 0 Å². The fourth-order valence-corrected chi connectivity index (χ4v) is 2.63. The Bertz CT molecular complexity index is 500. The summed E-state index contributed by atoms with van der Waals surface area (Å²) in [6.45, 7) is -0.307. The first kappa shape index (κ1) is 14.4. The molecule has 8 heteroatoms. The highest BCUT2D eigenvalue weighted by Gasteiger charge is 2.23. The van der Waals surface area contributed by atoms with Gasteiger partial charge in [-0.05, 0) is 46.9 Å². The summed E-state index contributed by atoms with van der Waals surface area (Å²) in [7, 11) is -3.85. The van der Waals surface area contributed by atoms with Crippen LogP contribution < -0.4 is 10.5 Å². The number of hydrogen-bond donors (Lipinski definition) is 3. The molecule has 0 amide bonds. The van der Waals surface area contributed by atoms with Crippen LogP contribution in [0.5, 0.6) is 0 Å². The maximum absolute atomic E-state index is 11.8. The zero-order valence-electron chi connectivity index (χ0n) is 8.63. The zero-order chi connectivity index (χ0) is 13.1. The third-order valence-corrected chi connectivity index (χ3v) is 4.16.